The Kier molecular flexibility index (Phi) is 2.90. The molecule has 2 rings (SSSR count). The normalized spacial score (nSPS) is 26.9. The van der Waals surface area contributed by atoms with Crippen molar-refractivity contribution in [3.63, 3.8) is 0 Å². The molecule has 1 unspecified atom stereocenters. The summed E-state index contributed by atoms with van der Waals surface area (Å²) in [5.41, 5.74) is 0.456. The lowest BCUT2D eigenvalue weighted by Crippen LogP contribution is -2.43. The van der Waals surface area contributed by atoms with Crippen LogP contribution in [0.15, 0.2) is 24.3 Å². The molecule has 88 valence electrons. The van der Waals surface area contributed by atoms with Gasteiger partial charge < -0.3 is 0 Å². The first-order valence-corrected chi connectivity index (χ1v) is 5.68. The first kappa shape index (κ1) is 12.1. The van der Waals surface area contributed by atoms with Gasteiger partial charge in [0.2, 0.25) is 0 Å². The van der Waals surface area contributed by atoms with Crippen molar-refractivity contribution < 1.29 is 17.6 Å². The largest absolute Gasteiger partial charge is 0.365 e. The molecule has 1 aromatic carbocycles. The number of hydrogen-bond acceptors (Lipinski definition) is 1. The predicted octanol–water partition coefficient (Wildman–Crippen LogP) is 3.55. The zero-order chi connectivity index (χ0) is 12.0. The predicted molar refractivity (Wildman–Crippen MR) is 59.5 cm³/mol. The SMILES string of the molecule is FC1(F)CC(c2ccc(I)cc2)NC1(F)F. The van der Waals surface area contributed by atoms with Crippen LogP contribution in [0.5, 0.6) is 0 Å². The highest BCUT2D eigenvalue weighted by molar-refractivity contribution is 14.1. The van der Waals surface area contributed by atoms with E-state index in [1.807, 2.05) is 0 Å². The average Bonchev–Trinajstić information content (AvgIpc) is 2.37. The summed E-state index contributed by atoms with van der Waals surface area (Å²) in [6.07, 6.45) is -0.874. The number of hydrogen-bond donors (Lipinski definition) is 1. The summed E-state index contributed by atoms with van der Waals surface area (Å²) in [5, 5.41) is 1.67. The number of rotatable bonds is 1. The number of nitrogens with one attached hydrogen (secondary N) is 1. The molecule has 0 amide bonds. The minimum atomic E-state index is -4.12. The van der Waals surface area contributed by atoms with E-state index in [9.17, 15) is 17.6 Å². The molecule has 1 aliphatic rings. The maximum Gasteiger partial charge on any atom is 0.365 e. The van der Waals surface area contributed by atoms with Crippen LogP contribution in [0.25, 0.3) is 0 Å². The van der Waals surface area contributed by atoms with Gasteiger partial charge in [0.1, 0.15) is 0 Å². The van der Waals surface area contributed by atoms with Crippen LogP contribution in [0.1, 0.15) is 18.0 Å². The van der Waals surface area contributed by atoms with E-state index in [2.05, 4.69) is 22.6 Å². The fourth-order valence-corrected chi connectivity index (χ4v) is 2.02. The van der Waals surface area contributed by atoms with E-state index in [1.165, 1.54) is 0 Å². The van der Waals surface area contributed by atoms with Gasteiger partial charge in [-0.25, -0.2) is 5.32 Å². The molecule has 1 N–H and O–H groups in total. The molecule has 0 spiro atoms. The summed E-state index contributed by atoms with van der Waals surface area (Å²) in [7, 11) is 0. The zero-order valence-corrected chi connectivity index (χ0v) is 10.1. The van der Waals surface area contributed by atoms with Crippen LogP contribution in [0.4, 0.5) is 17.6 Å². The quantitative estimate of drug-likeness (QED) is 0.466. The summed E-state index contributed by atoms with van der Waals surface area (Å²) < 4.78 is 52.5. The molecule has 1 aliphatic heterocycles. The third-order valence-corrected chi connectivity index (χ3v) is 3.27. The fraction of sp³-hybridized carbons (Fsp3) is 0.400. The van der Waals surface area contributed by atoms with E-state index in [1.54, 1.807) is 29.6 Å². The van der Waals surface area contributed by atoms with Crippen molar-refractivity contribution in [2.45, 2.75) is 24.4 Å². The van der Waals surface area contributed by atoms with Gasteiger partial charge in [0.15, 0.2) is 0 Å². The second-order valence-electron chi connectivity index (χ2n) is 3.73. The molecule has 0 radical (unpaired) electrons. The lowest BCUT2D eigenvalue weighted by atomic mass is 10.0. The Morgan fingerprint density at radius 1 is 1.12 bits per heavy atom. The topological polar surface area (TPSA) is 12.0 Å². The van der Waals surface area contributed by atoms with Crippen LogP contribution in [0.3, 0.4) is 0 Å². The van der Waals surface area contributed by atoms with Gasteiger partial charge in [-0.1, -0.05) is 12.1 Å². The Balaban J connectivity index is 2.23. The van der Waals surface area contributed by atoms with E-state index >= 15 is 0 Å². The third-order valence-electron chi connectivity index (χ3n) is 2.55. The molecule has 1 nitrogen and oxygen atoms in total. The third kappa shape index (κ3) is 2.04. The zero-order valence-electron chi connectivity index (χ0n) is 7.98. The molecule has 0 bridgehead atoms. The van der Waals surface area contributed by atoms with E-state index < -0.39 is 24.4 Å². The minimum Gasteiger partial charge on any atom is -0.246 e. The lowest BCUT2D eigenvalue weighted by molar-refractivity contribution is -0.197. The maximum atomic E-state index is 12.9. The summed E-state index contributed by atoms with van der Waals surface area (Å²) in [6.45, 7) is 0. The molecule has 16 heavy (non-hydrogen) atoms. The number of halogens is 5. The second-order valence-corrected chi connectivity index (χ2v) is 4.98. The highest BCUT2D eigenvalue weighted by Crippen LogP contribution is 2.46. The van der Waals surface area contributed by atoms with Gasteiger partial charge in [-0.15, -0.1) is 0 Å². The van der Waals surface area contributed by atoms with Crippen LogP contribution >= 0.6 is 22.6 Å². The van der Waals surface area contributed by atoms with Crippen LogP contribution in [-0.2, 0) is 0 Å². The van der Waals surface area contributed by atoms with E-state index in [0.29, 0.717) is 5.56 Å². The molecule has 0 aliphatic carbocycles. The van der Waals surface area contributed by atoms with Crippen LogP contribution in [-0.4, -0.2) is 12.0 Å². The fourth-order valence-electron chi connectivity index (χ4n) is 1.66. The first-order chi connectivity index (χ1) is 7.32. The molecule has 6 heteroatoms. The maximum absolute atomic E-state index is 12.9. The van der Waals surface area contributed by atoms with Crippen molar-refractivity contribution in [2.24, 2.45) is 0 Å². The van der Waals surface area contributed by atoms with Gasteiger partial charge in [0.05, 0.1) is 0 Å². The molecule has 0 saturated carbocycles. The van der Waals surface area contributed by atoms with Gasteiger partial charge in [0, 0.05) is 16.0 Å². The van der Waals surface area contributed by atoms with Crippen molar-refractivity contribution >= 4 is 22.6 Å². The van der Waals surface area contributed by atoms with Gasteiger partial charge in [0.25, 0.3) is 0 Å². The van der Waals surface area contributed by atoms with Crippen molar-refractivity contribution in [2.75, 3.05) is 0 Å². The van der Waals surface area contributed by atoms with Crippen molar-refractivity contribution in [3.05, 3.63) is 33.4 Å². The van der Waals surface area contributed by atoms with Gasteiger partial charge >= 0.3 is 12.0 Å². The van der Waals surface area contributed by atoms with Gasteiger partial charge in [-0.2, -0.15) is 17.6 Å². The molecular weight excluding hydrogens is 337 g/mol. The van der Waals surface area contributed by atoms with Crippen molar-refractivity contribution in [1.82, 2.24) is 5.32 Å². The smallest absolute Gasteiger partial charge is 0.246 e. The van der Waals surface area contributed by atoms with Crippen LogP contribution < -0.4 is 5.32 Å². The Hall–Kier alpha value is -0.370. The van der Waals surface area contributed by atoms with E-state index in [0.717, 1.165) is 3.57 Å². The minimum absolute atomic E-state index is 0.456. The Labute approximate surface area is 103 Å². The molecular formula is C10H8F4IN. The summed E-state index contributed by atoms with van der Waals surface area (Å²) in [4.78, 5) is 0. The molecule has 0 aromatic heterocycles. The summed E-state index contributed by atoms with van der Waals surface area (Å²) >= 11 is 2.06. The number of benzene rings is 1. The Bertz CT molecular complexity index is 374. The molecule has 1 fully saturated rings. The number of alkyl halides is 4. The molecule has 1 atom stereocenters. The Morgan fingerprint density at radius 2 is 1.69 bits per heavy atom. The van der Waals surface area contributed by atoms with Crippen molar-refractivity contribution in [3.8, 4) is 0 Å². The van der Waals surface area contributed by atoms with Crippen LogP contribution in [0, 0.1) is 3.57 Å². The monoisotopic (exact) mass is 345 g/mol. The summed E-state index contributed by atoms with van der Waals surface area (Å²) in [6, 6.07) is 1.44. The Morgan fingerprint density at radius 3 is 2.12 bits per heavy atom. The first-order valence-electron chi connectivity index (χ1n) is 4.61. The van der Waals surface area contributed by atoms with E-state index in [4.69, 9.17) is 0 Å². The molecule has 1 aromatic rings. The standard InChI is InChI=1S/C10H8F4IN/c11-9(12)5-8(16-10(9,13)14)6-1-3-7(15)4-2-6/h1-4,8,16H,5H2. The molecule has 1 heterocycles. The van der Waals surface area contributed by atoms with E-state index in [-0.39, 0.29) is 0 Å². The van der Waals surface area contributed by atoms with Crippen LogP contribution in [0.2, 0.25) is 0 Å². The highest BCUT2D eigenvalue weighted by atomic mass is 127. The van der Waals surface area contributed by atoms with Gasteiger partial charge in [-0.05, 0) is 40.3 Å². The molecule has 1 saturated heterocycles. The average molecular weight is 345 g/mol. The summed E-state index contributed by atoms with van der Waals surface area (Å²) in [5.74, 6) is -3.99. The van der Waals surface area contributed by atoms with Gasteiger partial charge in [-0.3, -0.25) is 0 Å². The highest BCUT2D eigenvalue weighted by Gasteiger charge is 2.63. The van der Waals surface area contributed by atoms with Crippen molar-refractivity contribution in [1.29, 1.82) is 0 Å². The lowest BCUT2D eigenvalue weighted by Gasteiger charge is -2.16. The second kappa shape index (κ2) is 3.83.